The number of anilines is 5. The van der Waals surface area contributed by atoms with E-state index in [0.29, 0.717) is 53.2 Å². The minimum atomic E-state index is 0.112. The zero-order valence-electron chi connectivity index (χ0n) is 22.0. The molecule has 0 unspecified atom stereocenters. The highest BCUT2D eigenvalue weighted by Crippen LogP contribution is 2.34. The first kappa shape index (κ1) is 25.1. The third kappa shape index (κ3) is 5.10. The van der Waals surface area contributed by atoms with Crippen molar-refractivity contribution in [1.29, 1.82) is 0 Å². The summed E-state index contributed by atoms with van der Waals surface area (Å²) in [6.07, 6.45) is 1.66. The number of ether oxygens (including phenoxy) is 1. The van der Waals surface area contributed by atoms with Gasteiger partial charge >= 0.3 is 0 Å². The summed E-state index contributed by atoms with van der Waals surface area (Å²) in [7, 11) is 1.64. The number of carbonyl (C=O) groups is 1. The van der Waals surface area contributed by atoms with E-state index in [-0.39, 0.29) is 11.9 Å². The van der Waals surface area contributed by atoms with Crippen molar-refractivity contribution in [2.24, 2.45) is 0 Å². The Kier molecular flexibility index (Phi) is 6.86. The van der Waals surface area contributed by atoms with Crippen LogP contribution in [0.5, 0.6) is 5.75 Å². The maximum atomic E-state index is 11.6. The van der Waals surface area contributed by atoms with Gasteiger partial charge in [-0.25, -0.2) is 4.98 Å². The van der Waals surface area contributed by atoms with Crippen LogP contribution in [-0.2, 0) is 4.79 Å². The van der Waals surface area contributed by atoms with E-state index in [4.69, 9.17) is 10.5 Å². The fourth-order valence-corrected chi connectivity index (χ4v) is 4.47. The van der Waals surface area contributed by atoms with Crippen LogP contribution < -0.4 is 26.0 Å². The van der Waals surface area contributed by atoms with Gasteiger partial charge in [0.25, 0.3) is 0 Å². The number of nitrogens with zero attached hydrogens (tertiary/aromatic N) is 7. The molecule has 0 radical (unpaired) electrons. The van der Waals surface area contributed by atoms with E-state index in [1.54, 1.807) is 24.7 Å². The van der Waals surface area contributed by atoms with Gasteiger partial charge in [0.2, 0.25) is 5.91 Å². The number of methoxy groups -OCH3 is 1. The van der Waals surface area contributed by atoms with Crippen molar-refractivity contribution in [1.82, 2.24) is 29.7 Å². The minimum absolute atomic E-state index is 0.112. The summed E-state index contributed by atoms with van der Waals surface area (Å²) < 4.78 is 7.35. The van der Waals surface area contributed by atoms with Gasteiger partial charge in [0.05, 0.1) is 30.2 Å². The van der Waals surface area contributed by atoms with Crippen LogP contribution in [0, 0.1) is 0 Å². The molecule has 1 aromatic carbocycles. The third-order valence-corrected chi connectivity index (χ3v) is 6.41. The van der Waals surface area contributed by atoms with Crippen LogP contribution in [-0.4, -0.2) is 74.9 Å². The normalized spacial score (nSPS) is 13.7. The Hall–Kier alpha value is -4.61. The molecule has 12 heteroatoms. The number of nitrogens with two attached hydrogens (primary N) is 1. The van der Waals surface area contributed by atoms with Crippen molar-refractivity contribution in [2.75, 3.05) is 54.6 Å². The monoisotopic (exact) mass is 516 g/mol. The number of carbonyl (C=O) groups excluding carboxylic acids is 1. The number of amides is 1. The van der Waals surface area contributed by atoms with Gasteiger partial charge in [-0.05, 0) is 44.2 Å². The van der Waals surface area contributed by atoms with Gasteiger partial charge in [0.15, 0.2) is 11.5 Å². The van der Waals surface area contributed by atoms with Crippen molar-refractivity contribution in [3.8, 4) is 17.1 Å². The van der Waals surface area contributed by atoms with Crippen molar-refractivity contribution in [3.63, 3.8) is 0 Å². The molecule has 198 valence electrons. The van der Waals surface area contributed by atoms with E-state index in [9.17, 15) is 4.79 Å². The van der Waals surface area contributed by atoms with E-state index in [2.05, 4.69) is 35.8 Å². The number of nitrogen functional groups attached to an aromatic ring is 1. The average molecular weight is 517 g/mol. The van der Waals surface area contributed by atoms with Gasteiger partial charge < -0.3 is 30.9 Å². The standard InChI is InChI=1S/C26H32N10O2/c1-16(2)29-23-7-8-24-31-32-26(36(24)33-23)20-13-18(15-28-25(20)27)30-21-6-5-19(14-22(21)38-4)35-11-9-34(10-12-35)17(3)37/h5-8,13-16,30H,9-12H2,1-4H3,(H2,27,28)(H,29,33). The summed E-state index contributed by atoms with van der Waals surface area (Å²) in [6.45, 7) is 8.67. The molecular weight excluding hydrogens is 484 g/mol. The van der Waals surface area contributed by atoms with E-state index in [1.807, 2.05) is 55.1 Å². The maximum absolute atomic E-state index is 11.6. The molecule has 1 aliphatic rings. The van der Waals surface area contributed by atoms with Gasteiger partial charge in [-0.2, -0.15) is 4.52 Å². The Morgan fingerprint density at radius 2 is 1.87 bits per heavy atom. The van der Waals surface area contributed by atoms with Crippen molar-refractivity contribution in [3.05, 3.63) is 42.6 Å². The molecule has 1 aliphatic heterocycles. The quantitative estimate of drug-likeness (QED) is 0.336. The summed E-state index contributed by atoms with van der Waals surface area (Å²) >= 11 is 0. The van der Waals surface area contributed by atoms with Crippen LogP contribution in [0.2, 0.25) is 0 Å². The second-order valence-electron chi connectivity index (χ2n) is 9.47. The molecule has 5 rings (SSSR count). The molecule has 1 saturated heterocycles. The Balaban J connectivity index is 1.40. The number of nitrogens with one attached hydrogen (secondary N) is 2. The number of hydrogen-bond donors (Lipinski definition) is 3. The van der Waals surface area contributed by atoms with E-state index in [0.717, 1.165) is 24.5 Å². The first-order valence-corrected chi connectivity index (χ1v) is 12.5. The number of rotatable bonds is 7. The van der Waals surface area contributed by atoms with Crippen LogP contribution in [0.4, 0.5) is 28.7 Å². The Morgan fingerprint density at radius 3 is 2.58 bits per heavy atom. The highest BCUT2D eigenvalue weighted by Gasteiger charge is 2.20. The summed E-state index contributed by atoms with van der Waals surface area (Å²) in [5, 5.41) is 19.9. The molecule has 4 aromatic rings. The van der Waals surface area contributed by atoms with E-state index < -0.39 is 0 Å². The van der Waals surface area contributed by atoms with Gasteiger partial charge in [0.1, 0.15) is 17.4 Å². The lowest BCUT2D eigenvalue weighted by atomic mass is 10.2. The van der Waals surface area contributed by atoms with Gasteiger partial charge in [-0.1, -0.05) is 0 Å². The Labute approximate surface area is 220 Å². The van der Waals surface area contributed by atoms with E-state index >= 15 is 0 Å². The summed E-state index contributed by atoms with van der Waals surface area (Å²) in [5.41, 5.74) is 10.00. The molecule has 38 heavy (non-hydrogen) atoms. The molecule has 0 spiro atoms. The van der Waals surface area contributed by atoms with Crippen LogP contribution >= 0.6 is 0 Å². The largest absolute Gasteiger partial charge is 0.494 e. The SMILES string of the molecule is COc1cc(N2CCN(C(C)=O)CC2)ccc1Nc1cnc(N)c(-c2nnc3ccc(NC(C)C)nn23)c1. The van der Waals surface area contributed by atoms with Crippen LogP contribution in [0.3, 0.4) is 0 Å². The summed E-state index contributed by atoms with van der Waals surface area (Å²) in [6, 6.07) is 11.8. The topological polar surface area (TPSA) is 139 Å². The number of pyridine rings is 1. The van der Waals surface area contributed by atoms with Crippen molar-refractivity contribution < 1.29 is 9.53 Å². The molecule has 0 aliphatic carbocycles. The summed E-state index contributed by atoms with van der Waals surface area (Å²) in [5.74, 6) is 2.32. The number of benzene rings is 1. The second-order valence-corrected chi connectivity index (χ2v) is 9.47. The van der Waals surface area contributed by atoms with Gasteiger partial charge in [-0.3, -0.25) is 4.79 Å². The van der Waals surface area contributed by atoms with Crippen LogP contribution in [0.15, 0.2) is 42.6 Å². The van der Waals surface area contributed by atoms with E-state index in [1.165, 1.54) is 0 Å². The third-order valence-electron chi connectivity index (χ3n) is 6.41. The molecule has 3 aromatic heterocycles. The number of piperazine rings is 1. The molecule has 4 heterocycles. The molecule has 1 fully saturated rings. The Morgan fingerprint density at radius 1 is 1.08 bits per heavy atom. The fourth-order valence-electron chi connectivity index (χ4n) is 4.47. The molecule has 0 atom stereocenters. The highest BCUT2D eigenvalue weighted by molar-refractivity contribution is 5.77. The number of aromatic nitrogens is 5. The number of hydrogen-bond acceptors (Lipinski definition) is 10. The van der Waals surface area contributed by atoms with Crippen molar-refractivity contribution in [2.45, 2.75) is 26.8 Å². The predicted octanol–water partition coefficient (Wildman–Crippen LogP) is 3.01. The molecule has 1 amide bonds. The lowest BCUT2D eigenvalue weighted by molar-refractivity contribution is -0.129. The van der Waals surface area contributed by atoms with Crippen molar-refractivity contribution >= 4 is 40.3 Å². The molecule has 0 bridgehead atoms. The first-order chi connectivity index (χ1) is 18.3. The van der Waals surface area contributed by atoms with Crippen LogP contribution in [0.25, 0.3) is 17.0 Å². The smallest absolute Gasteiger partial charge is 0.219 e. The molecule has 4 N–H and O–H groups in total. The number of fused-ring (bicyclic) bond motifs is 1. The lowest BCUT2D eigenvalue weighted by Crippen LogP contribution is -2.48. The highest BCUT2D eigenvalue weighted by atomic mass is 16.5. The zero-order chi connectivity index (χ0) is 26.8. The zero-order valence-corrected chi connectivity index (χ0v) is 22.0. The molecular formula is C26H32N10O2. The Bertz CT molecular complexity index is 1460. The average Bonchev–Trinajstić information content (AvgIpc) is 3.32. The summed E-state index contributed by atoms with van der Waals surface area (Å²) in [4.78, 5) is 20.2. The fraction of sp³-hybridized carbons (Fsp3) is 0.346. The maximum Gasteiger partial charge on any atom is 0.219 e. The molecule has 12 nitrogen and oxygen atoms in total. The predicted molar refractivity (Wildman–Crippen MR) is 148 cm³/mol. The van der Waals surface area contributed by atoms with Gasteiger partial charge in [-0.15, -0.1) is 15.3 Å². The minimum Gasteiger partial charge on any atom is -0.494 e. The lowest BCUT2D eigenvalue weighted by Gasteiger charge is -2.35. The first-order valence-electron chi connectivity index (χ1n) is 12.5. The van der Waals surface area contributed by atoms with Gasteiger partial charge in [0, 0.05) is 50.9 Å². The van der Waals surface area contributed by atoms with Crippen LogP contribution in [0.1, 0.15) is 20.8 Å². The second kappa shape index (κ2) is 10.4. The molecule has 0 saturated carbocycles.